The molecule has 1 fully saturated rings. The number of carboxylic acid groups (broad SMARTS) is 1. The summed E-state index contributed by atoms with van der Waals surface area (Å²) in [6, 6.07) is 7.40. The second-order valence-corrected chi connectivity index (χ2v) is 11.4. The van der Waals surface area contributed by atoms with Gasteiger partial charge in [0.15, 0.2) is 11.5 Å². The smallest absolute Gasteiger partial charge is 0.433 e. The summed E-state index contributed by atoms with van der Waals surface area (Å²) in [6.07, 6.45) is -6.57. The number of hydrogen-bond acceptors (Lipinski definition) is 6. The minimum Gasteiger partial charge on any atom is -0.465 e. The first kappa shape index (κ1) is 30.2. The van der Waals surface area contributed by atoms with Crippen LogP contribution in [0.2, 0.25) is 0 Å². The Kier molecular flexibility index (Phi) is 8.57. The van der Waals surface area contributed by atoms with Crippen molar-refractivity contribution in [3.63, 3.8) is 0 Å². The fourth-order valence-corrected chi connectivity index (χ4v) is 5.35. The normalized spacial score (nSPS) is 18.6. The number of morpholine rings is 1. The van der Waals surface area contributed by atoms with Gasteiger partial charge in [0.1, 0.15) is 6.61 Å². The highest BCUT2D eigenvalue weighted by Crippen LogP contribution is 2.35. The summed E-state index contributed by atoms with van der Waals surface area (Å²) in [5.74, 6) is -0.844. The van der Waals surface area contributed by atoms with Gasteiger partial charge in [-0.25, -0.2) is 14.8 Å². The highest BCUT2D eigenvalue weighted by molar-refractivity contribution is 5.80. The number of alkyl halides is 3. The number of carbonyl (C=O) groups is 3. The molecule has 1 saturated heterocycles. The number of nitrogens with zero attached hydrogens (tertiary/aromatic N) is 5. The maximum Gasteiger partial charge on any atom is 0.433 e. The molecule has 0 bridgehead atoms. The Morgan fingerprint density at radius 2 is 1.85 bits per heavy atom. The first-order valence-corrected chi connectivity index (χ1v) is 13.4. The number of carbonyl (C=O) groups excluding carboxylic acids is 2. The second kappa shape index (κ2) is 11.6. The van der Waals surface area contributed by atoms with Gasteiger partial charge in [0.2, 0.25) is 11.8 Å². The molecular formula is C28H34F3N5O5. The van der Waals surface area contributed by atoms with Crippen molar-refractivity contribution in [1.29, 1.82) is 0 Å². The lowest BCUT2D eigenvalue weighted by Gasteiger charge is -2.43. The van der Waals surface area contributed by atoms with Gasteiger partial charge in [-0.15, -0.1) is 0 Å². The van der Waals surface area contributed by atoms with Crippen LogP contribution in [-0.2, 0) is 33.5 Å². The molecule has 41 heavy (non-hydrogen) atoms. The summed E-state index contributed by atoms with van der Waals surface area (Å²) in [6.45, 7) is 6.78. The Morgan fingerprint density at radius 1 is 1.17 bits per heavy atom. The average molecular weight is 578 g/mol. The number of fused-ring (bicyclic) bond motifs is 1. The van der Waals surface area contributed by atoms with Crippen molar-refractivity contribution in [3.8, 4) is 11.4 Å². The monoisotopic (exact) mass is 577 g/mol. The summed E-state index contributed by atoms with van der Waals surface area (Å²) >= 11 is 0. The van der Waals surface area contributed by atoms with E-state index in [9.17, 15) is 32.7 Å². The van der Waals surface area contributed by atoms with Crippen molar-refractivity contribution < 1.29 is 37.4 Å². The SMILES string of the molecule is C[C@H]1CN(C[C@H](CC(=O)N2CCc3c(nc(-c4ccccc4)nc3C(F)(F)F)C2)N(C(=O)O)C(C)(C)C)C(=O)CO1. The zero-order valence-electron chi connectivity index (χ0n) is 23.4. The highest BCUT2D eigenvalue weighted by atomic mass is 19.4. The summed E-state index contributed by atoms with van der Waals surface area (Å²) in [4.78, 5) is 50.8. The van der Waals surface area contributed by atoms with Crippen molar-refractivity contribution >= 4 is 17.9 Å². The molecule has 2 aromatic rings. The second-order valence-electron chi connectivity index (χ2n) is 11.4. The van der Waals surface area contributed by atoms with E-state index in [2.05, 4.69) is 9.97 Å². The van der Waals surface area contributed by atoms with E-state index in [0.717, 1.165) is 4.90 Å². The lowest BCUT2D eigenvalue weighted by atomic mass is 9.98. The van der Waals surface area contributed by atoms with Crippen LogP contribution in [0.15, 0.2) is 30.3 Å². The molecule has 2 atom stereocenters. The molecule has 0 radical (unpaired) electrons. The molecule has 0 saturated carbocycles. The minimum atomic E-state index is -4.70. The molecule has 1 N–H and O–H groups in total. The molecule has 3 amide bonds. The third-order valence-electron chi connectivity index (χ3n) is 7.18. The van der Waals surface area contributed by atoms with E-state index in [1.165, 1.54) is 9.80 Å². The van der Waals surface area contributed by atoms with Crippen molar-refractivity contribution in [3.05, 3.63) is 47.3 Å². The van der Waals surface area contributed by atoms with Gasteiger partial charge in [0, 0.05) is 42.7 Å². The Balaban J connectivity index is 1.63. The van der Waals surface area contributed by atoms with E-state index in [1.54, 1.807) is 58.0 Å². The van der Waals surface area contributed by atoms with Crippen molar-refractivity contribution in [2.45, 2.75) is 70.9 Å². The van der Waals surface area contributed by atoms with Crippen molar-refractivity contribution in [2.75, 3.05) is 26.2 Å². The summed E-state index contributed by atoms with van der Waals surface area (Å²) < 4.78 is 47.3. The van der Waals surface area contributed by atoms with Gasteiger partial charge < -0.3 is 19.6 Å². The minimum absolute atomic E-state index is 0.00815. The first-order chi connectivity index (χ1) is 19.1. The fraction of sp³-hybridized carbons (Fsp3) is 0.536. The lowest BCUT2D eigenvalue weighted by molar-refractivity contribution is -0.150. The average Bonchev–Trinajstić information content (AvgIpc) is 2.88. The standard InChI is InChI=1S/C28H34F3N5O5/c1-17-13-35(23(38)16-41-17)14-19(36(26(39)40)27(2,3)4)12-22(37)34-11-10-20-21(15-34)32-25(18-8-6-5-7-9-18)33-24(20)28(29,30)31/h5-9,17,19H,10-16H2,1-4H3,(H,39,40)/t17-,19-/m0/s1. The quantitative estimate of drug-likeness (QED) is 0.555. The molecule has 0 spiro atoms. The van der Waals surface area contributed by atoms with Gasteiger partial charge >= 0.3 is 12.3 Å². The number of halogens is 3. The summed E-state index contributed by atoms with van der Waals surface area (Å²) in [5.41, 5.74) is -1.45. The van der Waals surface area contributed by atoms with Gasteiger partial charge in [0.25, 0.3) is 0 Å². The van der Waals surface area contributed by atoms with Crippen LogP contribution < -0.4 is 0 Å². The van der Waals surface area contributed by atoms with Crippen LogP contribution in [0.3, 0.4) is 0 Å². The first-order valence-electron chi connectivity index (χ1n) is 13.4. The van der Waals surface area contributed by atoms with Crippen LogP contribution in [0.1, 0.15) is 51.1 Å². The maximum absolute atomic E-state index is 14.0. The number of ether oxygens (including phenoxy) is 1. The van der Waals surface area contributed by atoms with Crippen molar-refractivity contribution in [1.82, 2.24) is 24.7 Å². The number of benzene rings is 1. The van der Waals surface area contributed by atoms with Crippen molar-refractivity contribution in [2.24, 2.45) is 0 Å². The van der Waals surface area contributed by atoms with E-state index < -0.39 is 35.5 Å². The molecule has 3 heterocycles. The topological polar surface area (TPSA) is 116 Å². The van der Waals surface area contributed by atoms with Crippen LogP contribution in [0, 0.1) is 0 Å². The van der Waals surface area contributed by atoms with E-state index in [-0.39, 0.29) is 74.7 Å². The summed E-state index contributed by atoms with van der Waals surface area (Å²) in [7, 11) is 0. The van der Waals surface area contributed by atoms with Crippen LogP contribution in [0.4, 0.5) is 18.0 Å². The molecule has 10 nitrogen and oxygen atoms in total. The highest BCUT2D eigenvalue weighted by Gasteiger charge is 2.41. The number of aromatic nitrogens is 2. The maximum atomic E-state index is 14.0. The summed E-state index contributed by atoms with van der Waals surface area (Å²) in [5, 5.41) is 10.1. The molecular weight excluding hydrogens is 543 g/mol. The molecule has 2 aliphatic heterocycles. The molecule has 1 aromatic heterocycles. The number of amides is 3. The van der Waals surface area contributed by atoms with Gasteiger partial charge in [-0.05, 0) is 34.1 Å². The van der Waals surface area contributed by atoms with E-state index in [1.807, 2.05) is 0 Å². The fourth-order valence-electron chi connectivity index (χ4n) is 5.35. The molecule has 13 heteroatoms. The Labute approximate surface area is 236 Å². The Hall–Kier alpha value is -3.74. The largest absolute Gasteiger partial charge is 0.465 e. The van der Waals surface area contributed by atoms with E-state index in [4.69, 9.17) is 4.74 Å². The zero-order chi connectivity index (χ0) is 30.1. The Bertz CT molecular complexity index is 1300. The lowest BCUT2D eigenvalue weighted by Crippen LogP contribution is -2.58. The zero-order valence-corrected chi connectivity index (χ0v) is 23.4. The molecule has 0 aliphatic carbocycles. The predicted octanol–water partition coefficient (Wildman–Crippen LogP) is 3.83. The van der Waals surface area contributed by atoms with E-state index >= 15 is 0 Å². The van der Waals surface area contributed by atoms with Crippen LogP contribution in [0.25, 0.3) is 11.4 Å². The molecule has 0 unspecified atom stereocenters. The van der Waals surface area contributed by atoms with E-state index in [0.29, 0.717) is 5.56 Å². The Morgan fingerprint density at radius 3 is 2.46 bits per heavy atom. The molecule has 222 valence electrons. The van der Waals surface area contributed by atoms with Crippen LogP contribution >= 0.6 is 0 Å². The third-order valence-corrected chi connectivity index (χ3v) is 7.18. The van der Waals surface area contributed by atoms with Crippen LogP contribution in [0.5, 0.6) is 0 Å². The van der Waals surface area contributed by atoms with Gasteiger partial charge in [-0.1, -0.05) is 30.3 Å². The molecule has 1 aromatic carbocycles. The number of hydrogen-bond donors (Lipinski definition) is 1. The molecule has 2 aliphatic rings. The van der Waals surface area contributed by atoms with Crippen LogP contribution in [-0.4, -0.2) is 91.6 Å². The molecule has 4 rings (SSSR count). The van der Waals surface area contributed by atoms with Gasteiger partial charge in [-0.3, -0.25) is 14.5 Å². The predicted molar refractivity (Wildman–Crippen MR) is 142 cm³/mol. The van der Waals surface area contributed by atoms with Gasteiger partial charge in [-0.2, -0.15) is 13.2 Å². The third kappa shape index (κ3) is 6.95. The number of rotatable bonds is 6. The van der Waals surface area contributed by atoms with Gasteiger partial charge in [0.05, 0.1) is 24.4 Å².